The molecule has 0 N–H and O–H groups in total. The predicted molar refractivity (Wildman–Crippen MR) is 204 cm³/mol. The lowest BCUT2D eigenvalue weighted by atomic mass is 10.1. The zero-order valence-electron chi connectivity index (χ0n) is 27.2. The van der Waals surface area contributed by atoms with Crippen molar-refractivity contribution < 1.29 is 9.47 Å². The van der Waals surface area contributed by atoms with Gasteiger partial charge in [-0.2, -0.15) is 0 Å². The summed E-state index contributed by atoms with van der Waals surface area (Å²) in [5, 5.41) is 2.31. The molecule has 0 saturated heterocycles. The summed E-state index contributed by atoms with van der Waals surface area (Å²) >= 11 is 0. The van der Waals surface area contributed by atoms with Crippen LogP contribution in [-0.2, 0) is 0 Å². The van der Waals surface area contributed by atoms with Gasteiger partial charge in [0, 0.05) is 22.1 Å². The normalized spacial score (nSPS) is 11.2. The largest absolute Gasteiger partial charge is 0.457 e. The molecule has 0 radical (unpaired) electrons. The van der Waals surface area contributed by atoms with E-state index < -0.39 is 0 Å². The minimum absolute atomic E-state index is 0.796. The fraction of sp³-hybridized carbons (Fsp3) is 0. The second-order valence-electron chi connectivity index (χ2n) is 12.2. The molecule has 0 aliphatic rings. The Morgan fingerprint density at radius 3 is 0.980 bits per heavy atom. The van der Waals surface area contributed by atoms with Crippen LogP contribution in [0, 0.1) is 0 Å². The second-order valence-corrected chi connectivity index (χ2v) is 12.2. The van der Waals surface area contributed by atoms with Crippen LogP contribution in [0.5, 0.6) is 23.0 Å². The molecule has 0 fully saturated rings. The van der Waals surface area contributed by atoms with Crippen molar-refractivity contribution in [3.63, 3.8) is 0 Å². The number of hydrogen-bond donors (Lipinski definition) is 0. The third-order valence-corrected chi connectivity index (χ3v) is 9.01. The number of benzene rings is 7. The fourth-order valence-corrected chi connectivity index (χ4v) is 6.69. The van der Waals surface area contributed by atoms with Crippen molar-refractivity contribution >= 4 is 21.8 Å². The lowest BCUT2D eigenvalue weighted by Crippen LogP contribution is -1.98. The molecule has 0 saturated carbocycles. The first-order valence-electron chi connectivity index (χ1n) is 16.8. The van der Waals surface area contributed by atoms with Gasteiger partial charge in [-0.05, 0) is 108 Å². The Balaban J connectivity index is 1.19. The zero-order valence-corrected chi connectivity index (χ0v) is 27.2. The van der Waals surface area contributed by atoms with E-state index in [-0.39, 0.29) is 0 Å². The van der Waals surface area contributed by atoms with E-state index >= 15 is 0 Å². The molecule has 9 aromatic rings. The highest BCUT2D eigenvalue weighted by Crippen LogP contribution is 2.39. The molecule has 4 nitrogen and oxygen atoms in total. The first-order chi connectivity index (χ1) is 24.8. The van der Waals surface area contributed by atoms with E-state index in [4.69, 9.17) is 9.47 Å². The maximum Gasteiger partial charge on any atom is 0.127 e. The van der Waals surface area contributed by atoms with Gasteiger partial charge in [-0.15, -0.1) is 0 Å². The van der Waals surface area contributed by atoms with Crippen molar-refractivity contribution in [2.75, 3.05) is 0 Å². The van der Waals surface area contributed by atoms with E-state index in [1.165, 1.54) is 0 Å². The smallest absolute Gasteiger partial charge is 0.127 e. The van der Waals surface area contributed by atoms with Crippen LogP contribution < -0.4 is 9.47 Å². The molecule has 50 heavy (non-hydrogen) atoms. The highest BCUT2D eigenvalue weighted by atomic mass is 16.5. The van der Waals surface area contributed by atoms with Crippen LogP contribution in [0.4, 0.5) is 0 Å². The monoisotopic (exact) mass is 644 g/mol. The van der Waals surface area contributed by atoms with Gasteiger partial charge in [-0.1, -0.05) is 97.1 Å². The molecule has 7 aromatic carbocycles. The van der Waals surface area contributed by atoms with Crippen LogP contribution in [-0.4, -0.2) is 9.13 Å². The SMILES string of the molecule is c1ccc(Oc2ccc(-n3c(-c4ccccc4)cc4cc5c(cc(-c6ccccc6)n5-c5ccc(Oc6ccccc6)cc5)cc43)cc2)cc1. The summed E-state index contributed by atoms with van der Waals surface area (Å²) < 4.78 is 17.0. The maximum atomic E-state index is 6.13. The minimum atomic E-state index is 0.796. The molecule has 2 aromatic heterocycles. The molecule has 4 heteroatoms. The topological polar surface area (TPSA) is 28.3 Å². The van der Waals surface area contributed by atoms with Gasteiger partial charge < -0.3 is 18.6 Å². The quantitative estimate of drug-likeness (QED) is 0.165. The number of rotatable bonds is 8. The van der Waals surface area contributed by atoms with E-state index in [0.717, 1.165) is 78.7 Å². The highest BCUT2D eigenvalue weighted by molar-refractivity contribution is 6.02. The molecule has 0 aliphatic heterocycles. The lowest BCUT2D eigenvalue weighted by Gasteiger charge is -2.14. The van der Waals surface area contributed by atoms with E-state index in [0.29, 0.717) is 0 Å². The molecule has 9 rings (SSSR count). The standard InChI is InChI=1S/C46H32N2O2/c1-5-13-33(14-6-1)43-29-35-31-46-36(32-45(35)47(43)37-21-25-41(26-22-37)49-39-17-9-3-10-18-39)30-44(34-15-7-2-8-16-34)48(46)38-23-27-42(28-24-38)50-40-19-11-4-12-20-40/h1-32H. The molecular weight excluding hydrogens is 613 g/mol. The summed E-state index contributed by atoms with van der Waals surface area (Å²) in [7, 11) is 0. The van der Waals surface area contributed by atoms with Gasteiger partial charge in [0.25, 0.3) is 0 Å². The molecular formula is C46H32N2O2. The van der Waals surface area contributed by atoms with E-state index in [9.17, 15) is 0 Å². The molecule has 0 spiro atoms. The Labute approximate surface area is 290 Å². The third-order valence-electron chi connectivity index (χ3n) is 9.01. The molecule has 0 aliphatic carbocycles. The summed E-state index contributed by atoms with van der Waals surface area (Å²) in [6, 6.07) is 66.9. The van der Waals surface area contributed by atoms with Crippen LogP contribution >= 0.6 is 0 Å². The van der Waals surface area contributed by atoms with E-state index in [2.05, 4.69) is 118 Å². The van der Waals surface area contributed by atoms with E-state index in [1.54, 1.807) is 0 Å². The van der Waals surface area contributed by atoms with Crippen molar-refractivity contribution in [3.05, 3.63) is 194 Å². The van der Waals surface area contributed by atoms with Gasteiger partial charge in [-0.25, -0.2) is 0 Å². The lowest BCUT2D eigenvalue weighted by molar-refractivity contribution is 0.482. The van der Waals surface area contributed by atoms with Crippen LogP contribution in [0.1, 0.15) is 0 Å². The number of nitrogens with zero attached hydrogens (tertiary/aromatic N) is 2. The molecule has 0 atom stereocenters. The molecule has 0 amide bonds. The minimum Gasteiger partial charge on any atom is -0.457 e. The van der Waals surface area contributed by atoms with Crippen molar-refractivity contribution in [3.8, 4) is 56.9 Å². The van der Waals surface area contributed by atoms with Crippen molar-refractivity contribution in [1.82, 2.24) is 9.13 Å². The first-order valence-corrected chi connectivity index (χ1v) is 16.8. The van der Waals surface area contributed by atoms with Crippen LogP contribution in [0.3, 0.4) is 0 Å². The number of aromatic nitrogens is 2. The Morgan fingerprint density at radius 2 is 0.620 bits per heavy atom. The Bertz CT molecular complexity index is 2350. The Morgan fingerprint density at radius 1 is 0.300 bits per heavy atom. The summed E-state index contributed by atoms with van der Waals surface area (Å²) in [5.74, 6) is 3.22. The molecule has 0 bridgehead atoms. The first kappa shape index (κ1) is 29.4. The van der Waals surface area contributed by atoms with Crippen molar-refractivity contribution in [1.29, 1.82) is 0 Å². The van der Waals surface area contributed by atoms with Gasteiger partial charge in [0.15, 0.2) is 0 Å². The van der Waals surface area contributed by atoms with Crippen molar-refractivity contribution in [2.45, 2.75) is 0 Å². The van der Waals surface area contributed by atoms with Gasteiger partial charge in [0.05, 0.1) is 22.4 Å². The van der Waals surface area contributed by atoms with Gasteiger partial charge in [0.2, 0.25) is 0 Å². The maximum absolute atomic E-state index is 6.13. The van der Waals surface area contributed by atoms with Gasteiger partial charge in [0.1, 0.15) is 23.0 Å². The van der Waals surface area contributed by atoms with Gasteiger partial charge >= 0.3 is 0 Å². The van der Waals surface area contributed by atoms with Gasteiger partial charge in [-0.3, -0.25) is 0 Å². The molecule has 0 unspecified atom stereocenters. The van der Waals surface area contributed by atoms with E-state index in [1.807, 2.05) is 84.9 Å². The average Bonchev–Trinajstić information content (AvgIpc) is 3.74. The highest BCUT2D eigenvalue weighted by Gasteiger charge is 2.18. The molecule has 238 valence electrons. The van der Waals surface area contributed by atoms with Crippen molar-refractivity contribution in [2.24, 2.45) is 0 Å². The summed E-state index contributed by atoms with van der Waals surface area (Å²) in [6.45, 7) is 0. The summed E-state index contributed by atoms with van der Waals surface area (Å²) in [4.78, 5) is 0. The zero-order chi connectivity index (χ0) is 33.3. The Kier molecular flexibility index (Phi) is 7.45. The number of para-hydroxylation sites is 2. The molecule has 2 heterocycles. The number of fused-ring (bicyclic) bond motifs is 2. The van der Waals surface area contributed by atoms with Crippen LogP contribution in [0.2, 0.25) is 0 Å². The average molecular weight is 645 g/mol. The van der Waals surface area contributed by atoms with Crippen LogP contribution in [0.15, 0.2) is 194 Å². The third kappa shape index (κ3) is 5.59. The predicted octanol–water partition coefficient (Wildman–Crippen LogP) is 12.5. The summed E-state index contributed by atoms with van der Waals surface area (Å²) in [6.07, 6.45) is 0. The van der Waals surface area contributed by atoms with Crippen LogP contribution in [0.25, 0.3) is 55.7 Å². The fourth-order valence-electron chi connectivity index (χ4n) is 6.69. The Hall–Kier alpha value is -6.78. The number of ether oxygens (including phenoxy) is 2. The number of hydrogen-bond acceptors (Lipinski definition) is 2. The summed E-state index contributed by atoms with van der Waals surface area (Å²) in [5.41, 5.74) is 8.96. The second kappa shape index (κ2) is 12.7.